The number of aliphatic imine (C=N–C) groups is 1. The van der Waals surface area contributed by atoms with Crippen molar-refractivity contribution in [2.75, 3.05) is 13.7 Å². The first kappa shape index (κ1) is 37.1. The standard InChI is InChI=1S/C38H45FN6O4/c1-4-22-18-23(11-13-25(22)37(47)32(43)19-24(46)12-15-31(42)38(48)30(41)10-5-6-17-40)35(44)28-9-7-8-27-29(20-45-36(27)28)26-14-16-33(49-3)21(2)34(26)39/h7-9,11,13-14,16,18,20,24,27,30,42-44,46H,4-6,10,12,15,17,19,40-41H2,1-3H3/t24?,27?,30-/m0/s1. The van der Waals surface area contributed by atoms with Crippen LogP contribution in [0.5, 0.6) is 5.75 Å². The Morgan fingerprint density at radius 2 is 1.86 bits per heavy atom. The van der Waals surface area contributed by atoms with E-state index in [2.05, 4.69) is 4.99 Å². The number of ether oxygens (including phenoxy) is 1. The number of methoxy groups -OCH3 is 1. The molecule has 10 nitrogen and oxygen atoms in total. The van der Waals surface area contributed by atoms with Crippen LogP contribution in [-0.2, 0) is 11.2 Å². The van der Waals surface area contributed by atoms with Gasteiger partial charge in [-0.3, -0.25) is 20.0 Å². The molecule has 1 aliphatic carbocycles. The van der Waals surface area contributed by atoms with Crippen molar-refractivity contribution in [2.24, 2.45) is 22.4 Å². The number of ketones is 2. The number of aliphatic hydroxyl groups is 1. The zero-order valence-corrected chi connectivity index (χ0v) is 28.2. The summed E-state index contributed by atoms with van der Waals surface area (Å²) >= 11 is 0. The summed E-state index contributed by atoms with van der Waals surface area (Å²) in [7, 11) is 1.50. The third-order valence-electron chi connectivity index (χ3n) is 9.02. The van der Waals surface area contributed by atoms with Crippen LogP contribution in [0, 0.1) is 34.9 Å². The van der Waals surface area contributed by atoms with Crippen LogP contribution in [0.1, 0.15) is 78.1 Å². The molecule has 0 aromatic heterocycles. The third kappa shape index (κ3) is 8.30. The Balaban J connectivity index is 1.40. The molecule has 4 rings (SSSR count). The largest absolute Gasteiger partial charge is 0.496 e. The number of rotatable bonds is 18. The van der Waals surface area contributed by atoms with Gasteiger partial charge in [0.2, 0.25) is 5.78 Å². The molecule has 0 spiro atoms. The predicted molar refractivity (Wildman–Crippen MR) is 192 cm³/mol. The average Bonchev–Trinajstić information content (AvgIpc) is 3.54. The SMILES string of the molecule is CCc1cc(C(=N)C2=CC=CC3C(c4ccc(OC)c(C)c4F)=CN=C23)ccc1C(=O)C(=N)CC(O)CCC(=N)C(=O)[C@@H](N)CCCCN. The molecule has 2 aliphatic rings. The molecule has 8 N–H and O–H groups in total. The van der Waals surface area contributed by atoms with Gasteiger partial charge in [0.05, 0.1) is 42.1 Å². The Kier molecular flexibility index (Phi) is 12.6. The number of aryl methyl sites for hydroxylation is 1. The van der Waals surface area contributed by atoms with Gasteiger partial charge in [0.15, 0.2) is 5.78 Å². The summed E-state index contributed by atoms with van der Waals surface area (Å²) < 4.78 is 20.6. The van der Waals surface area contributed by atoms with Gasteiger partial charge in [0.25, 0.3) is 0 Å². The summed E-state index contributed by atoms with van der Waals surface area (Å²) in [6.07, 6.45) is 8.26. The molecule has 0 fully saturated rings. The molecule has 49 heavy (non-hydrogen) atoms. The lowest BCUT2D eigenvalue weighted by Gasteiger charge is -2.21. The van der Waals surface area contributed by atoms with Crippen molar-refractivity contribution in [3.8, 4) is 5.75 Å². The molecule has 2 aromatic rings. The van der Waals surface area contributed by atoms with E-state index in [1.807, 2.05) is 19.1 Å². The number of Topliss-reactive ketones (excluding diaryl/α,β-unsaturated/α-hetero) is 2. The van der Waals surface area contributed by atoms with Crippen molar-refractivity contribution in [3.05, 3.63) is 94.0 Å². The minimum atomic E-state index is -1.09. The first-order valence-corrected chi connectivity index (χ1v) is 16.5. The van der Waals surface area contributed by atoms with E-state index >= 15 is 4.39 Å². The van der Waals surface area contributed by atoms with Crippen LogP contribution >= 0.6 is 0 Å². The average molecular weight is 669 g/mol. The zero-order chi connectivity index (χ0) is 35.8. The van der Waals surface area contributed by atoms with Crippen LogP contribution < -0.4 is 16.2 Å². The van der Waals surface area contributed by atoms with E-state index in [9.17, 15) is 14.7 Å². The second-order valence-electron chi connectivity index (χ2n) is 12.3. The minimum absolute atomic E-state index is 0.00798. The summed E-state index contributed by atoms with van der Waals surface area (Å²) in [6.45, 7) is 4.05. The van der Waals surface area contributed by atoms with Crippen LogP contribution in [0.15, 0.2) is 65.3 Å². The number of nitrogens with zero attached hydrogens (tertiary/aromatic N) is 1. The van der Waals surface area contributed by atoms with Gasteiger partial charge < -0.3 is 32.1 Å². The van der Waals surface area contributed by atoms with Crippen LogP contribution in [0.2, 0.25) is 0 Å². The molecule has 0 radical (unpaired) electrons. The lowest BCUT2D eigenvalue weighted by molar-refractivity contribution is -0.114. The van der Waals surface area contributed by atoms with Crippen LogP contribution in [-0.4, -0.2) is 65.3 Å². The normalized spacial score (nSPS) is 16.2. The quantitative estimate of drug-likeness (QED) is 0.0692. The number of hydrogen-bond acceptors (Lipinski definition) is 10. The second-order valence-corrected chi connectivity index (χ2v) is 12.3. The van der Waals surface area contributed by atoms with Crippen molar-refractivity contribution in [1.29, 1.82) is 16.2 Å². The molecule has 2 unspecified atom stereocenters. The number of carbonyl (C=O) groups is 2. The fourth-order valence-electron chi connectivity index (χ4n) is 6.10. The maximum atomic E-state index is 15.3. The van der Waals surface area contributed by atoms with E-state index in [-0.39, 0.29) is 48.1 Å². The van der Waals surface area contributed by atoms with Gasteiger partial charge in [0, 0.05) is 46.4 Å². The third-order valence-corrected chi connectivity index (χ3v) is 9.02. The Labute approximate surface area is 286 Å². The number of fused-ring (bicyclic) bond motifs is 1. The van der Waals surface area contributed by atoms with E-state index in [4.69, 9.17) is 32.4 Å². The van der Waals surface area contributed by atoms with E-state index < -0.39 is 23.7 Å². The second kappa shape index (κ2) is 16.6. The minimum Gasteiger partial charge on any atom is -0.496 e. The molecule has 258 valence electrons. The summed E-state index contributed by atoms with van der Waals surface area (Å²) in [4.78, 5) is 30.3. The number of nitrogens with one attached hydrogen (secondary N) is 3. The number of allylic oxidation sites excluding steroid dienone is 5. The zero-order valence-electron chi connectivity index (χ0n) is 28.2. The maximum Gasteiger partial charge on any atom is 0.206 e. The summed E-state index contributed by atoms with van der Waals surface area (Å²) in [5.74, 6) is -1.25. The van der Waals surface area contributed by atoms with Gasteiger partial charge in [-0.15, -0.1) is 0 Å². The molecule has 0 bridgehead atoms. The maximum absolute atomic E-state index is 15.3. The Hall–Kier alpha value is -4.71. The number of carbonyl (C=O) groups excluding carboxylic acids is 2. The highest BCUT2D eigenvalue weighted by Crippen LogP contribution is 2.39. The van der Waals surface area contributed by atoms with Gasteiger partial charge in [-0.05, 0) is 74.9 Å². The molecule has 3 atom stereocenters. The van der Waals surface area contributed by atoms with Crippen molar-refractivity contribution in [3.63, 3.8) is 0 Å². The van der Waals surface area contributed by atoms with Gasteiger partial charge in [-0.25, -0.2) is 4.39 Å². The van der Waals surface area contributed by atoms with E-state index in [1.165, 1.54) is 7.11 Å². The number of aliphatic hydroxyl groups excluding tert-OH is 1. The van der Waals surface area contributed by atoms with Crippen molar-refractivity contribution in [1.82, 2.24) is 0 Å². The molecule has 0 saturated heterocycles. The number of nitrogens with two attached hydrogens (primary N) is 2. The first-order chi connectivity index (χ1) is 23.4. The van der Waals surface area contributed by atoms with Crippen LogP contribution in [0.25, 0.3) is 5.57 Å². The highest BCUT2D eigenvalue weighted by atomic mass is 19.1. The Morgan fingerprint density at radius 1 is 1.10 bits per heavy atom. The number of benzene rings is 2. The van der Waals surface area contributed by atoms with E-state index in [0.717, 1.165) is 6.42 Å². The summed E-state index contributed by atoms with van der Waals surface area (Å²) in [5, 5.41) is 36.1. The molecular weight excluding hydrogens is 623 g/mol. The molecule has 0 amide bonds. The molecular formula is C38H45FN6O4. The van der Waals surface area contributed by atoms with Crippen LogP contribution in [0.4, 0.5) is 4.39 Å². The number of hydrogen-bond donors (Lipinski definition) is 6. The van der Waals surface area contributed by atoms with E-state index in [1.54, 1.807) is 49.5 Å². The lowest BCUT2D eigenvalue weighted by Crippen LogP contribution is -2.36. The van der Waals surface area contributed by atoms with E-state index in [0.29, 0.717) is 76.2 Å². The smallest absolute Gasteiger partial charge is 0.206 e. The highest BCUT2D eigenvalue weighted by molar-refractivity contribution is 6.45. The Bertz CT molecular complexity index is 1790. The van der Waals surface area contributed by atoms with Gasteiger partial charge in [-0.2, -0.15) is 0 Å². The Morgan fingerprint density at radius 3 is 2.55 bits per heavy atom. The first-order valence-electron chi connectivity index (χ1n) is 16.5. The van der Waals surface area contributed by atoms with Crippen LogP contribution in [0.3, 0.4) is 0 Å². The topological polar surface area (TPSA) is 200 Å². The lowest BCUT2D eigenvalue weighted by atomic mass is 9.81. The molecule has 2 aromatic carbocycles. The molecule has 11 heteroatoms. The molecule has 1 aliphatic heterocycles. The molecule has 1 heterocycles. The number of halogens is 1. The predicted octanol–water partition coefficient (Wildman–Crippen LogP) is 5.46. The number of unbranched alkanes of at least 4 members (excludes halogenated alkanes) is 1. The van der Waals surface area contributed by atoms with Crippen molar-refractivity contribution >= 4 is 40.0 Å². The summed E-state index contributed by atoms with van der Waals surface area (Å²) in [5.41, 5.74) is 15.4. The van der Waals surface area contributed by atoms with Gasteiger partial charge in [0.1, 0.15) is 11.6 Å². The van der Waals surface area contributed by atoms with Gasteiger partial charge in [-0.1, -0.05) is 43.7 Å². The highest BCUT2D eigenvalue weighted by Gasteiger charge is 2.32. The van der Waals surface area contributed by atoms with Crippen molar-refractivity contribution < 1.29 is 23.8 Å². The fourth-order valence-corrected chi connectivity index (χ4v) is 6.10. The fraction of sp³-hybridized carbons (Fsp3) is 0.368. The van der Waals surface area contributed by atoms with Crippen molar-refractivity contribution in [2.45, 2.75) is 70.9 Å². The van der Waals surface area contributed by atoms with Gasteiger partial charge >= 0.3 is 0 Å². The molecule has 0 saturated carbocycles. The summed E-state index contributed by atoms with van der Waals surface area (Å²) in [6, 6.07) is 7.64. The monoisotopic (exact) mass is 668 g/mol.